The highest BCUT2D eigenvalue weighted by Gasteiger charge is 2.26. The molecule has 2 amide bonds. The number of hydrogen-bond donors (Lipinski definition) is 1. The third-order valence-electron chi connectivity index (χ3n) is 4.36. The van der Waals surface area contributed by atoms with Crippen molar-refractivity contribution in [1.29, 1.82) is 0 Å². The van der Waals surface area contributed by atoms with E-state index in [1.54, 1.807) is 6.92 Å². The Hall–Kier alpha value is -1.10. The molecule has 2 aliphatic heterocycles. The van der Waals surface area contributed by atoms with Crippen LogP contribution in [0.2, 0.25) is 0 Å². The topological polar surface area (TPSA) is 52.7 Å². The lowest BCUT2D eigenvalue weighted by molar-refractivity contribution is -0.132. The summed E-state index contributed by atoms with van der Waals surface area (Å²) in [5, 5.41) is 3.35. The lowest BCUT2D eigenvalue weighted by atomic mass is 10.1. The molecule has 1 N–H and O–H groups in total. The molecule has 0 aliphatic carbocycles. The SMILES string of the molecule is CC(=O)N1CCC(NCC(=O)N2CCC[C@H]2C)CC1. The average molecular weight is 267 g/mol. The molecule has 0 radical (unpaired) electrons. The zero-order chi connectivity index (χ0) is 13.8. The number of likely N-dealkylation sites (tertiary alicyclic amines) is 2. The van der Waals surface area contributed by atoms with Crippen LogP contribution in [-0.4, -0.2) is 59.9 Å². The molecule has 2 heterocycles. The van der Waals surface area contributed by atoms with Crippen molar-refractivity contribution in [2.45, 2.75) is 51.6 Å². The molecular formula is C14H25N3O2. The quantitative estimate of drug-likeness (QED) is 0.814. The highest BCUT2D eigenvalue weighted by molar-refractivity contribution is 5.78. The van der Waals surface area contributed by atoms with E-state index in [4.69, 9.17) is 0 Å². The number of carbonyl (C=O) groups is 2. The second-order valence-electron chi connectivity index (χ2n) is 5.74. The molecule has 2 rings (SSSR count). The van der Waals surface area contributed by atoms with Gasteiger partial charge in [-0.15, -0.1) is 0 Å². The number of carbonyl (C=O) groups excluding carboxylic acids is 2. The normalized spacial score (nSPS) is 24.8. The predicted molar refractivity (Wildman–Crippen MR) is 73.7 cm³/mol. The molecule has 2 saturated heterocycles. The Bertz CT molecular complexity index is 338. The number of amides is 2. The van der Waals surface area contributed by atoms with Crippen molar-refractivity contribution in [3.8, 4) is 0 Å². The van der Waals surface area contributed by atoms with Crippen molar-refractivity contribution in [2.24, 2.45) is 0 Å². The minimum atomic E-state index is 0.153. The standard InChI is InChI=1S/C14H25N3O2/c1-11-4-3-7-17(11)14(19)10-15-13-5-8-16(9-6-13)12(2)18/h11,13,15H,3-10H2,1-2H3/t11-/m1/s1. The zero-order valence-corrected chi connectivity index (χ0v) is 12.0. The zero-order valence-electron chi connectivity index (χ0n) is 12.0. The summed E-state index contributed by atoms with van der Waals surface area (Å²) in [5.74, 6) is 0.374. The molecule has 0 aromatic heterocycles. The van der Waals surface area contributed by atoms with Gasteiger partial charge in [0.25, 0.3) is 0 Å². The Kier molecular flexibility index (Phi) is 4.80. The van der Waals surface area contributed by atoms with Crippen LogP contribution in [0, 0.1) is 0 Å². The van der Waals surface area contributed by atoms with Crippen molar-refractivity contribution >= 4 is 11.8 Å². The highest BCUT2D eigenvalue weighted by Crippen LogP contribution is 2.16. The van der Waals surface area contributed by atoms with Gasteiger partial charge in [-0.2, -0.15) is 0 Å². The molecule has 0 bridgehead atoms. The molecule has 0 unspecified atom stereocenters. The van der Waals surface area contributed by atoms with Crippen LogP contribution in [0.1, 0.15) is 39.5 Å². The van der Waals surface area contributed by atoms with Crippen molar-refractivity contribution in [3.63, 3.8) is 0 Å². The van der Waals surface area contributed by atoms with Gasteiger partial charge in [-0.3, -0.25) is 9.59 Å². The summed E-state index contributed by atoms with van der Waals surface area (Å²) in [6, 6.07) is 0.770. The van der Waals surface area contributed by atoms with Crippen molar-refractivity contribution in [1.82, 2.24) is 15.1 Å². The van der Waals surface area contributed by atoms with E-state index in [0.29, 0.717) is 18.6 Å². The number of nitrogens with one attached hydrogen (secondary N) is 1. The fourth-order valence-corrected chi connectivity index (χ4v) is 3.04. The van der Waals surface area contributed by atoms with Crippen molar-refractivity contribution in [2.75, 3.05) is 26.2 Å². The van der Waals surface area contributed by atoms with Gasteiger partial charge in [-0.05, 0) is 32.6 Å². The van der Waals surface area contributed by atoms with Crippen LogP contribution in [0.5, 0.6) is 0 Å². The van der Waals surface area contributed by atoms with Crippen molar-refractivity contribution < 1.29 is 9.59 Å². The summed E-state index contributed by atoms with van der Waals surface area (Å²) >= 11 is 0. The van der Waals surface area contributed by atoms with E-state index >= 15 is 0 Å². The van der Waals surface area contributed by atoms with E-state index < -0.39 is 0 Å². The number of piperidine rings is 1. The van der Waals surface area contributed by atoms with Crippen LogP contribution in [-0.2, 0) is 9.59 Å². The second kappa shape index (κ2) is 6.37. The number of rotatable bonds is 3. The molecule has 0 saturated carbocycles. The van der Waals surface area contributed by atoms with Gasteiger partial charge in [0.05, 0.1) is 6.54 Å². The fraction of sp³-hybridized carbons (Fsp3) is 0.857. The molecule has 0 spiro atoms. The van der Waals surface area contributed by atoms with Gasteiger partial charge in [-0.25, -0.2) is 0 Å². The maximum absolute atomic E-state index is 12.1. The summed E-state index contributed by atoms with van der Waals surface area (Å²) in [5.41, 5.74) is 0. The first-order valence-corrected chi connectivity index (χ1v) is 7.36. The molecule has 5 nitrogen and oxygen atoms in total. The van der Waals surface area contributed by atoms with Gasteiger partial charge < -0.3 is 15.1 Å². The lowest BCUT2D eigenvalue weighted by Crippen LogP contribution is -2.47. The number of nitrogens with zero attached hydrogens (tertiary/aromatic N) is 2. The molecule has 0 aromatic rings. The van der Waals surface area contributed by atoms with E-state index in [-0.39, 0.29) is 11.8 Å². The van der Waals surface area contributed by atoms with Crippen LogP contribution in [0.3, 0.4) is 0 Å². The maximum Gasteiger partial charge on any atom is 0.236 e. The van der Waals surface area contributed by atoms with Gasteiger partial charge in [0.1, 0.15) is 0 Å². The molecular weight excluding hydrogens is 242 g/mol. The molecule has 5 heteroatoms. The van der Waals surface area contributed by atoms with E-state index in [1.165, 1.54) is 0 Å². The fourth-order valence-electron chi connectivity index (χ4n) is 3.04. The lowest BCUT2D eigenvalue weighted by Gasteiger charge is -2.32. The Morgan fingerprint density at radius 3 is 2.37 bits per heavy atom. The molecule has 0 aromatic carbocycles. The maximum atomic E-state index is 12.1. The highest BCUT2D eigenvalue weighted by atomic mass is 16.2. The first-order valence-electron chi connectivity index (χ1n) is 7.36. The van der Waals surface area contributed by atoms with Crippen LogP contribution in [0.15, 0.2) is 0 Å². The summed E-state index contributed by atoms with van der Waals surface area (Å²) in [6.45, 7) is 6.70. The Morgan fingerprint density at radius 1 is 1.16 bits per heavy atom. The molecule has 108 valence electrons. The molecule has 2 fully saturated rings. The van der Waals surface area contributed by atoms with Gasteiger partial charge in [-0.1, -0.05) is 0 Å². The third-order valence-corrected chi connectivity index (χ3v) is 4.36. The second-order valence-corrected chi connectivity index (χ2v) is 5.74. The minimum absolute atomic E-state index is 0.153. The average Bonchev–Trinajstić information content (AvgIpc) is 2.83. The van der Waals surface area contributed by atoms with Crippen molar-refractivity contribution in [3.05, 3.63) is 0 Å². The smallest absolute Gasteiger partial charge is 0.236 e. The first kappa shape index (κ1) is 14.3. The Morgan fingerprint density at radius 2 is 1.84 bits per heavy atom. The third kappa shape index (κ3) is 3.69. The van der Waals surface area contributed by atoms with E-state index in [2.05, 4.69) is 12.2 Å². The van der Waals surface area contributed by atoms with Crippen LogP contribution >= 0.6 is 0 Å². The predicted octanol–water partition coefficient (Wildman–Crippen LogP) is 0.598. The monoisotopic (exact) mass is 267 g/mol. The molecule has 2 aliphatic rings. The summed E-state index contributed by atoms with van der Waals surface area (Å²) in [7, 11) is 0. The number of hydrogen-bond acceptors (Lipinski definition) is 3. The van der Waals surface area contributed by atoms with Gasteiger partial charge in [0.15, 0.2) is 0 Å². The van der Waals surface area contributed by atoms with E-state index in [1.807, 2.05) is 9.80 Å². The minimum Gasteiger partial charge on any atom is -0.343 e. The van der Waals surface area contributed by atoms with E-state index in [0.717, 1.165) is 45.3 Å². The van der Waals surface area contributed by atoms with Crippen LogP contribution in [0.25, 0.3) is 0 Å². The van der Waals surface area contributed by atoms with Crippen LogP contribution < -0.4 is 5.32 Å². The van der Waals surface area contributed by atoms with Gasteiger partial charge in [0.2, 0.25) is 11.8 Å². The molecule has 1 atom stereocenters. The summed E-state index contributed by atoms with van der Waals surface area (Å²) in [4.78, 5) is 27.2. The first-order chi connectivity index (χ1) is 9.08. The van der Waals surface area contributed by atoms with Crippen LogP contribution in [0.4, 0.5) is 0 Å². The van der Waals surface area contributed by atoms with Gasteiger partial charge >= 0.3 is 0 Å². The Labute approximate surface area is 115 Å². The molecule has 19 heavy (non-hydrogen) atoms. The van der Waals surface area contributed by atoms with E-state index in [9.17, 15) is 9.59 Å². The largest absolute Gasteiger partial charge is 0.343 e. The van der Waals surface area contributed by atoms with Gasteiger partial charge in [0, 0.05) is 38.6 Å². The Balaban J connectivity index is 1.69. The summed E-state index contributed by atoms with van der Waals surface area (Å²) < 4.78 is 0. The summed E-state index contributed by atoms with van der Waals surface area (Å²) in [6.07, 6.45) is 4.15.